The number of aromatic amines is 1. The molecule has 3 heterocycles. The number of hydrogen-bond acceptors (Lipinski definition) is 2. The Hall–Kier alpha value is -1.75. The number of piperidine rings is 1. The number of amides is 1. The molecule has 0 aromatic carbocycles. The van der Waals surface area contributed by atoms with E-state index in [1.165, 1.54) is 0 Å². The van der Waals surface area contributed by atoms with Gasteiger partial charge in [-0.25, -0.2) is 0 Å². The van der Waals surface area contributed by atoms with Gasteiger partial charge in [-0.15, -0.1) is 0 Å². The molecule has 21 heavy (non-hydrogen) atoms. The van der Waals surface area contributed by atoms with Gasteiger partial charge in [-0.2, -0.15) is 5.10 Å². The second-order valence-electron chi connectivity index (χ2n) is 5.65. The van der Waals surface area contributed by atoms with Crippen LogP contribution in [0.15, 0.2) is 18.3 Å². The van der Waals surface area contributed by atoms with E-state index in [1.54, 1.807) is 12.3 Å². The van der Waals surface area contributed by atoms with Gasteiger partial charge in [0.1, 0.15) is 5.69 Å². The molecule has 1 unspecified atom stereocenters. The quantitative estimate of drug-likeness (QED) is 0.927. The third-order valence-corrected chi connectivity index (χ3v) is 4.17. The minimum atomic E-state index is 0.00753. The van der Waals surface area contributed by atoms with E-state index in [-0.39, 0.29) is 11.9 Å². The van der Waals surface area contributed by atoms with Crippen molar-refractivity contribution >= 4 is 17.5 Å². The Kier molecular flexibility index (Phi) is 3.76. The van der Waals surface area contributed by atoms with E-state index in [9.17, 15) is 4.79 Å². The second-order valence-corrected chi connectivity index (χ2v) is 6.09. The van der Waals surface area contributed by atoms with E-state index in [2.05, 4.69) is 27.8 Å². The van der Waals surface area contributed by atoms with Gasteiger partial charge >= 0.3 is 0 Å². The molecule has 0 saturated carbocycles. The van der Waals surface area contributed by atoms with Crippen molar-refractivity contribution in [2.75, 3.05) is 13.1 Å². The maximum atomic E-state index is 12.5. The summed E-state index contributed by atoms with van der Waals surface area (Å²) in [6.45, 7) is 5.53. The largest absolute Gasteiger partial charge is 0.356 e. The van der Waals surface area contributed by atoms with E-state index in [0.29, 0.717) is 17.3 Å². The van der Waals surface area contributed by atoms with E-state index in [4.69, 9.17) is 11.6 Å². The van der Waals surface area contributed by atoms with Gasteiger partial charge in [-0.1, -0.05) is 11.6 Å². The van der Waals surface area contributed by atoms with Crippen LogP contribution in [0, 0.1) is 13.8 Å². The van der Waals surface area contributed by atoms with Crippen LogP contribution >= 0.6 is 11.6 Å². The van der Waals surface area contributed by atoms with Crippen LogP contribution in [-0.2, 0) is 0 Å². The van der Waals surface area contributed by atoms with Gasteiger partial charge in [-0.05, 0) is 38.8 Å². The lowest BCUT2D eigenvalue weighted by atomic mass is 10.1. The smallest absolute Gasteiger partial charge is 0.270 e. The Bertz CT molecular complexity index is 660. The Morgan fingerprint density at radius 2 is 2.24 bits per heavy atom. The van der Waals surface area contributed by atoms with Gasteiger partial charge in [0.15, 0.2) is 0 Å². The van der Waals surface area contributed by atoms with Gasteiger partial charge in [-0.3, -0.25) is 9.48 Å². The summed E-state index contributed by atoms with van der Waals surface area (Å²) in [7, 11) is 0. The number of likely N-dealkylation sites (tertiary alicyclic amines) is 1. The maximum absolute atomic E-state index is 12.5. The summed E-state index contributed by atoms with van der Waals surface area (Å²) in [4.78, 5) is 17.3. The maximum Gasteiger partial charge on any atom is 0.270 e. The third-order valence-electron chi connectivity index (χ3n) is 3.95. The zero-order valence-corrected chi connectivity index (χ0v) is 13.0. The molecule has 1 amide bonds. The molecular weight excluding hydrogens is 288 g/mol. The standard InChI is InChI=1S/C15H19ClN4O/c1-10-6-11(2)20(18-10)13-4-3-5-19(9-13)15(21)14-7-12(16)8-17-14/h6-8,13,17H,3-5,9H2,1-2H3. The van der Waals surface area contributed by atoms with Crippen molar-refractivity contribution in [1.29, 1.82) is 0 Å². The molecule has 1 aliphatic rings. The van der Waals surface area contributed by atoms with Crippen molar-refractivity contribution < 1.29 is 4.79 Å². The van der Waals surface area contributed by atoms with Gasteiger partial charge in [0.05, 0.1) is 16.8 Å². The fraction of sp³-hybridized carbons (Fsp3) is 0.467. The fourth-order valence-electron chi connectivity index (χ4n) is 3.02. The van der Waals surface area contributed by atoms with Crippen molar-refractivity contribution in [1.82, 2.24) is 19.7 Å². The molecule has 1 atom stereocenters. The van der Waals surface area contributed by atoms with Crippen LogP contribution < -0.4 is 0 Å². The van der Waals surface area contributed by atoms with Crippen molar-refractivity contribution in [3.05, 3.63) is 40.4 Å². The van der Waals surface area contributed by atoms with Crippen molar-refractivity contribution in [3.8, 4) is 0 Å². The average molecular weight is 307 g/mol. The van der Waals surface area contributed by atoms with E-state index < -0.39 is 0 Å². The first-order chi connectivity index (χ1) is 10.0. The third kappa shape index (κ3) is 2.83. The van der Waals surface area contributed by atoms with Crippen LogP contribution in [0.4, 0.5) is 0 Å². The predicted octanol–water partition coefficient (Wildman–Crippen LogP) is 2.96. The fourth-order valence-corrected chi connectivity index (χ4v) is 3.18. The molecule has 2 aromatic rings. The first kappa shape index (κ1) is 14.2. The van der Waals surface area contributed by atoms with Crippen LogP contribution in [0.3, 0.4) is 0 Å². The highest BCUT2D eigenvalue weighted by atomic mass is 35.5. The number of H-pyrrole nitrogens is 1. The Morgan fingerprint density at radius 1 is 1.43 bits per heavy atom. The van der Waals surface area contributed by atoms with Crippen molar-refractivity contribution in [3.63, 3.8) is 0 Å². The molecule has 1 aliphatic heterocycles. The number of carbonyl (C=O) groups excluding carboxylic acids is 1. The van der Waals surface area contributed by atoms with Gasteiger partial charge < -0.3 is 9.88 Å². The van der Waals surface area contributed by atoms with Gasteiger partial charge in [0, 0.05) is 25.0 Å². The number of carbonyl (C=O) groups is 1. The first-order valence-corrected chi connectivity index (χ1v) is 7.58. The Labute approximate surface area is 128 Å². The summed E-state index contributed by atoms with van der Waals surface area (Å²) in [6, 6.07) is 4.00. The highest BCUT2D eigenvalue weighted by molar-refractivity contribution is 6.30. The van der Waals surface area contributed by atoms with Gasteiger partial charge in [0.25, 0.3) is 5.91 Å². The second kappa shape index (κ2) is 5.56. The molecule has 3 rings (SSSR count). The summed E-state index contributed by atoms with van der Waals surface area (Å²) in [5.41, 5.74) is 2.72. The highest BCUT2D eigenvalue weighted by Crippen LogP contribution is 2.24. The molecule has 6 heteroatoms. The molecule has 0 aliphatic carbocycles. The Balaban J connectivity index is 1.77. The number of aromatic nitrogens is 3. The minimum Gasteiger partial charge on any atom is -0.356 e. The number of halogens is 1. The average Bonchev–Trinajstić information content (AvgIpc) is 3.04. The predicted molar refractivity (Wildman–Crippen MR) is 81.7 cm³/mol. The summed E-state index contributed by atoms with van der Waals surface area (Å²) >= 11 is 5.88. The number of aryl methyl sites for hydroxylation is 2. The molecule has 5 nitrogen and oxygen atoms in total. The van der Waals surface area contributed by atoms with Crippen molar-refractivity contribution in [2.45, 2.75) is 32.7 Å². The number of nitrogens with one attached hydrogen (secondary N) is 1. The summed E-state index contributed by atoms with van der Waals surface area (Å²) < 4.78 is 2.05. The normalized spacial score (nSPS) is 19.0. The first-order valence-electron chi connectivity index (χ1n) is 7.20. The molecule has 0 spiro atoms. The molecule has 0 radical (unpaired) electrons. The van der Waals surface area contributed by atoms with Crippen LogP contribution in [0.5, 0.6) is 0 Å². The lowest BCUT2D eigenvalue weighted by Crippen LogP contribution is -2.41. The highest BCUT2D eigenvalue weighted by Gasteiger charge is 2.27. The van der Waals surface area contributed by atoms with Crippen LogP contribution in [0.25, 0.3) is 0 Å². The van der Waals surface area contributed by atoms with Crippen LogP contribution in [-0.4, -0.2) is 38.7 Å². The van der Waals surface area contributed by atoms with E-state index >= 15 is 0 Å². The van der Waals surface area contributed by atoms with E-state index in [0.717, 1.165) is 30.8 Å². The number of hydrogen-bond donors (Lipinski definition) is 1. The molecule has 2 aromatic heterocycles. The number of nitrogens with zero attached hydrogens (tertiary/aromatic N) is 3. The molecule has 0 bridgehead atoms. The van der Waals surface area contributed by atoms with E-state index in [1.807, 2.05) is 11.8 Å². The molecule has 1 fully saturated rings. The summed E-state index contributed by atoms with van der Waals surface area (Å²) in [6.07, 6.45) is 3.68. The Morgan fingerprint density at radius 3 is 2.86 bits per heavy atom. The van der Waals surface area contributed by atoms with Gasteiger partial charge in [0.2, 0.25) is 0 Å². The summed E-state index contributed by atoms with van der Waals surface area (Å²) in [5.74, 6) is 0.00753. The SMILES string of the molecule is Cc1cc(C)n(C2CCCN(C(=O)c3cc(Cl)c[nH]3)C2)n1. The lowest BCUT2D eigenvalue weighted by molar-refractivity contribution is 0.0666. The molecule has 112 valence electrons. The van der Waals surface area contributed by atoms with Crippen LogP contribution in [0.2, 0.25) is 5.02 Å². The molecule has 1 saturated heterocycles. The zero-order chi connectivity index (χ0) is 15.0. The zero-order valence-electron chi connectivity index (χ0n) is 12.3. The number of rotatable bonds is 2. The minimum absolute atomic E-state index is 0.00753. The van der Waals surface area contributed by atoms with Crippen LogP contribution in [0.1, 0.15) is 40.8 Å². The van der Waals surface area contributed by atoms with Crippen molar-refractivity contribution in [2.24, 2.45) is 0 Å². The summed E-state index contributed by atoms with van der Waals surface area (Å²) in [5, 5.41) is 5.11. The molecular formula is C15H19ClN4O. The molecule has 1 N–H and O–H groups in total. The topological polar surface area (TPSA) is 53.9 Å². The monoisotopic (exact) mass is 306 g/mol. The lowest BCUT2D eigenvalue weighted by Gasteiger charge is -2.33.